The third-order valence-electron chi connectivity index (χ3n) is 4.64. The smallest absolute Gasteiger partial charge is 0.0655 e. The van der Waals surface area contributed by atoms with E-state index < -0.39 is 0 Å². The average molecular weight is 255 g/mol. The van der Waals surface area contributed by atoms with Crippen LogP contribution in [-0.4, -0.2) is 0 Å². The first-order chi connectivity index (χ1) is 9.22. The van der Waals surface area contributed by atoms with Crippen LogP contribution in [0.15, 0.2) is 24.3 Å². The number of benzene rings is 1. The summed E-state index contributed by atoms with van der Waals surface area (Å²) in [6.07, 6.45) is 6.97. The minimum absolute atomic E-state index is 0.306. The van der Waals surface area contributed by atoms with Crippen LogP contribution in [0.1, 0.15) is 63.0 Å². The standard InChI is InChI=1S/C18H25N/c1-3-14(2)12-15-4-8-17(9-5-15)18-10-6-16(13-19)7-11-18/h4-5,8-9,14,16,18H,3,6-7,10-12H2,1-2H3. The Kier molecular flexibility index (Phi) is 5.02. The maximum Gasteiger partial charge on any atom is 0.0655 e. The van der Waals surface area contributed by atoms with Crippen LogP contribution in [0.5, 0.6) is 0 Å². The first-order valence-electron chi connectivity index (χ1n) is 7.71. The van der Waals surface area contributed by atoms with Crippen molar-refractivity contribution >= 4 is 0 Å². The Labute approximate surface area is 117 Å². The van der Waals surface area contributed by atoms with E-state index in [0.717, 1.165) is 18.8 Å². The van der Waals surface area contributed by atoms with Crippen molar-refractivity contribution in [2.45, 2.75) is 58.3 Å². The second-order valence-electron chi connectivity index (χ2n) is 6.14. The highest BCUT2D eigenvalue weighted by molar-refractivity contribution is 5.26. The van der Waals surface area contributed by atoms with E-state index in [4.69, 9.17) is 5.26 Å². The van der Waals surface area contributed by atoms with Gasteiger partial charge in [-0.05, 0) is 55.1 Å². The molecule has 2 rings (SSSR count). The van der Waals surface area contributed by atoms with E-state index in [1.807, 2.05) is 0 Å². The van der Waals surface area contributed by atoms with Crippen molar-refractivity contribution in [2.24, 2.45) is 11.8 Å². The molecule has 1 aromatic rings. The zero-order chi connectivity index (χ0) is 13.7. The Bertz CT molecular complexity index is 418. The summed E-state index contributed by atoms with van der Waals surface area (Å²) in [6, 6.07) is 11.6. The molecule has 0 radical (unpaired) electrons. The zero-order valence-electron chi connectivity index (χ0n) is 12.2. The van der Waals surface area contributed by atoms with Crippen LogP contribution in [0.2, 0.25) is 0 Å². The molecule has 1 aliphatic carbocycles. The van der Waals surface area contributed by atoms with Gasteiger partial charge in [0.1, 0.15) is 0 Å². The minimum atomic E-state index is 0.306. The topological polar surface area (TPSA) is 23.8 Å². The fourth-order valence-electron chi connectivity index (χ4n) is 3.03. The summed E-state index contributed by atoms with van der Waals surface area (Å²) in [5, 5.41) is 8.94. The van der Waals surface area contributed by atoms with Gasteiger partial charge in [0.15, 0.2) is 0 Å². The third kappa shape index (κ3) is 3.83. The molecule has 1 saturated carbocycles. The van der Waals surface area contributed by atoms with Crippen LogP contribution in [0.4, 0.5) is 0 Å². The quantitative estimate of drug-likeness (QED) is 0.736. The van der Waals surface area contributed by atoms with Crippen LogP contribution in [0.25, 0.3) is 0 Å². The molecule has 0 bridgehead atoms. The van der Waals surface area contributed by atoms with Gasteiger partial charge in [-0.1, -0.05) is 44.5 Å². The lowest BCUT2D eigenvalue weighted by molar-refractivity contribution is 0.382. The zero-order valence-corrected chi connectivity index (χ0v) is 12.2. The van der Waals surface area contributed by atoms with Gasteiger partial charge in [0, 0.05) is 5.92 Å². The molecule has 0 heterocycles. The summed E-state index contributed by atoms with van der Waals surface area (Å²) < 4.78 is 0. The maximum absolute atomic E-state index is 8.94. The van der Waals surface area contributed by atoms with Gasteiger partial charge >= 0.3 is 0 Å². The molecule has 1 heteroatoms. The van der Waals surface area contributed by atoms with Gasteiger partial charge in [0.25, 0.3) is 0 Å². The van der Waals surface area contributed by atoms with Crippen molar-refractivity contribution < 1.29 is 0 Å². The number of nitrogens with zero attached hydrogens (tertiary/aromatic N) is 1. The van der Waals surface area contributed by atoms with Gasteiger partial charge in [0.2, 0.25) is 0 Å². The highest BCUT2D eigenvalue weighted by Crippen LogP contribution is 2.35. The van der Waals surface area contributed by atoms with Crippen molar-refractivity contribution in [1.29, 1.82) is 5.26 Å². The molecular weight excluding hydrogens is 230 g/mol. The predicted molar refractivity (Wildman–Crippen MR) is 79.9 cm³/mol. The van der Waals surface area contributed by atoms with Gasteiger partial charge in [-0.15, -0.1) is 0 Å². The monoisotopic (exact) mass is 255 g/mol. The van der Waals surface area contributed by atoms with E-state index in [0.29, 0.717) is 11.8 Å². The summed E-state index contributed by atoms with van der Waals surface area (Å²) in [6.45, 7) is 4.57. The molecule has 0 N–H and O–H groups in total. The largest absolute Gasteiger partial charge is 0.198 e. The van der Waals surface area contributed by atoms with E-state index in [-0.39, 0.29) is 0 Å². The number of rotatable bonds is 4. The lowest BCUT2D eigenvalue weighted by Gasteiger charge is -2.25. The van der Waals surface area contributed by atoms with Crippen molar-refractivity contribution in [3.8, 4) is 6.07 Å². The van der Waals surface area contributed by atoms with Gasteiger partial charge in [-0.2, -0.15) is 5.26 Å². The lowest BCUT2D eigenvalue weighted by atomic mass is 9.79. The molecule has 1 unspecified atom stereocenters. The molecule has 1 nitrogen and oxygen atoms in total. The Morgan fingerprint density at radius 3 is 2.32 bits per heavy atom. The first-order valence-corrected chi connectivity index (χ1v) is 7.71. The Morgan fingerprint density at radius 1 is 1.16 bits per heavy atom. The fraction of sp³-hybridized carbons (Fsp3) is 0.611. The summed E-state index contributed by atoms with van der Waals surface area (Å²) in [5.74, 6) is 1.76. The van der Waals surface area contributed by atoms with Crippen molar-refractivity contribution in [3.63, 3.8) is 0 Å². The van der Waals surface area contributed by atoms with Crippen LogP contribution in [0, 0.1) is 23.2 Å². The van der Waals surface area contributed by atoms with E-state index in [9.17, 15) is 0 Å². The first kappa shape index (κ1) is 14.1. The Balaban J connectivity index is 1.94. The molecule has 1 atom stereocenters. The predicted octanol–water partition coefficient (Wildman–Crippen LogP) is 5.07. The Hall–Kier alpha value is -1.29. The molecule has 0 aromatic heterocycles. The minimum Gasteiger partial charge on any atom is -0.198 e. The molecule has 1 aliphatic rings. The van der Waals surface area contributed by atoms with Crippen LogP contribution in [0.3, 0.4) is 0 Å². The fourth-order valence-corrected chi connectivity index (χ4v) is 3.03. The molecule has 0 amide bonds. The number of hydrogen-bond donors (Lipinski definition) is 0. The van der Waals surface area contributed by atoms with Crippen molar-refractivity contribution in [3.05, 3.63) is 35.4 Å². The highest BCUT2D eigenvalue weighted by atomic mass is 14.3. The van der Waals surface area contributed by atoms with E-state index in [1.165, 1.54) is 36.8 Å². The molecular formula is C18H25N. The summed E-state index contributed by atoms with van der Waals surface area (Å²) >= 11 is 0. The third-order valence-corrected chi connectivity index (χ3v) is 4.64. The number of hydrogen-bond acceptors (Lipinski definition) is 1. The molecule has 1 fully saturated rings. The van der Waals surface area contributed by atoms with Crippen molar-refractivity contribution in [1.82, 2.24) is 0 Å². The van der Waals surface area contributed by atoms with Gasteiger partial charge < -0.3 is 0 Å². The highest BCUT2D eigenvalue weighted by Gasteiger charge is 2.21. The molecule has 19 heavy (non-hydrogen) atoms. The molecule has 102 valence electrons. The van der Waals surface area contributed by atoms with E-state index >= 15 is 0 Å². The number of nitriles is 1. The van der Waals surface area contributed by atoms with Gasteiger partial charge in [-0.3, -0.25) is 0 Å². The molecule has 0 spiro atoms. The molecule has 0 aliphatic heterocycles. The molecule has 1 aromatic carbocycles. The van der Waals surface area contributed by atoms with Crippen LogP contribution >= 0.6 is 0 Å². The van der Waals surface area contributed by atoms with Crippen LogP contribution in [-0.2, 0) is 6.42 Å². The lowest BCUT2D eigenvalue weighted by Crippen LogP contribution is -2.11. The normalized spacial score (nSPS) is 24.7. The average Bonchev–Trinajstić information content (AvgIpc) is 2.48. The summed E-state index contributed by atoms with van der Waals surface area (Å²) in [5.41, 5.74) is 2.94. The SMILES string of the molecule is CCC(C)Cc1ccc(C2CCC(C#N)CC2)cc1. The summed E-state index contributed by atoms with van der Waals surface area (Å²) in [7, 11) is 0. The molecule has 0 saturated heterocycles. The van der Waals surface area contributed by atoms with Crippen molar-refractivity contribution in [2.75, 3.05) is 0 Å². The van der Waals surface area contributed by atoms with Gasteiger partial charge in [0.05, 0.1) is 6.07 Å². The van der Waals surface area contributed by atoms with Crippen LogP contribution < -0.4 is 0 Å². The second-order valence-corrected chi connectivity index (χ2v) is 6.14. The van der Waals surface area contributed by atoms with E-state index in [1.54, 1.807) is 0 Å². The summed E-state index contributed by atoms with van der Waals surface area (Å²) in [4.78, 5) is 0. The maximum atomic E-state index is 8.94. The van der Waals surface area contributed by atoms with Gasteiger partial charge in [-0.25, -0.2) is 0 Å². The second kappa shape index (κ2) is 6.75. The Morgan fingerprint density at radius 2 is 1.79 bits per heavy atom. The van der Waals surface area contributed by atoms with E-state index in [2.05, 4.69) is 44.2 Å².